The molecule has 0 fully saturated rings. The highest BCUT2D eigenvalue weighted by Crippen LogP contribution is 2.25. The normalized spacial score (nSPS) is 10.5. The second-order valence-corrected chi connectivity index (χ2v) is 6.02. The molecule has 0 saturated carbocycles. The van der Waals surface area contributed by atoms with Crippen LogP contribution in [-0.2, 0) is 11.3 Å². The third kappa shape index (κ3) is 3.99. The van der Waals surface area contributed by atoms with Gasteiger partial charge in [0.2, 0.25) is 0 Å². The second kappa shape index (κ2) is 6.77. The maximum Gasteiger partial charge on any atom is 0.305 e. The zero-order chi connectivity index (χ0) is 14.5. The predicted molar refractivity (Wildman–Crippen MR) is 83.8 cm³/mol. The zero-order valence-corrected chi connectivity index (χ0v) is 12.7. The van der Waals surface area contributed by atoms with Gasteiger partial charge in [-0.15, -0.1) is 11.3 Å². The Morgan fingerprint density at radius 2 is 2.15 bits per heavy atom. The number of rotatable bonds is 6. The Morgan fingerprint density at radius 3 is 2.75 bits per heavy atom. The van der Waals surface area contributed by atoms with Gasteiger partial charge in [-0.3, -0.25) is 4.79 Å². The number of aliphatic carboxylic acids is 1. The molecule has 1 N–H and O–H groups in total. The van der Waals surface area contributed by atoms with Gasteiger partial charge in [0.05, 0.1) is 18.0 Å². The molecule has 0 saturated heterocycles. The summed E-state index contributed by atoms with van der Waals surface area (Å²) in [5, 5.41) is 11.5. The Hall–Kier alpha value is -1.52. The van der Waals surface area contributed by atoms with Crippen molar-refractivity contribution in [2.24, 2.45) is 0 Å². The first-order valence-electron chi connectivity index (χ1n) is 6.31. The summed E-state index contributed by atoms with van der Waals surface area (Å²) >= 11 is 7.54. The number of thiophene rings is 1. The lowest BCUT2D eigenvalue weighted by molar-refractivity contribution is -0.136. The molecule has 0 unspecified atom stereocenters. The topological polar surface area (TPSA) is 40.5 Å². The van der Waals surface area contributed by atoms with E-state index in [0.717, 1.165) is 21.2 Å². The molecule has 0 atom stereocenters. The van der Waals surface area contributed by atoms with Crippen LogP contribution in [0.1, 0.15) is 16.9 Å². The van der Waals surface area contributed by atoms with Crippen LogP contribution >= 0.6 is 22.9 Å². The number of aryl methyl sites for hydroxylation is 1. The molecule has 2 aromatic rings. The van der Waals surface area contributed by atoms with E-state index in [2.05, 4.69) is 4.90 Å². The minimum atomic E-state index is -0.784. The van der Waals surface area contributed by atoms with Crippen LogP contribution in [-0.4, -0.2) is 17.6 Å². The standard InChI is InChI=1S/C15H16ClNO2S/c1-11-4-2-3-5-14(11)17(7-6-15(18)19)9-13-8-12(16)10-20-13/h2-5,8,10H,6-7,9H2,1H3,(H,18,19). The fourth-order valence-electron chi connectivity index (χ4n) is 2.06. The van der Waals surface area contributed by atoms with Gasteiger partial charge in [0.25, 0.3) is 0 Å². The van der Waals surface area contributed by atoms with Crippen LogP contribution in [0.4, 0.5) is 5.69 Å². The van der Waals surface area contributed by atoms with Crippen molar-refractivity contribution in [1.29, 1.82) is 0 Å². The van der Waals surface area contributed by atoms with E-state index in [4.69, 9.17) is 16.7 Å². The van der Waals surface area contributed by atoms with Crippen molar-refractivity contribution < 1.29 is 9.90 Å². The Balaban J connectivity index is 2.20. The van der Waals surface area contributed by atoms with Gasteiger partial charge in [0.1, 0.15) is 0 Å². The Morgan fingerprint density at radius 1 is 1.40 bits per heavy atom. The van der Waals surface area contributed by atoms with E-state index < -0.39 is 5.97 Å². The number of carbonyl (C=O) groups is 1. The molecule has 0 aliphatic carbocycles. The molecule has 0 aliphatic rings. The largest absolute Gasteiger partial charge is 0.481 e. The van der Waals surface area contributed by atoms with Crippen LogP contribution in [0, 0.1) is 6.92 Å². The molecular weight excluding hydrogens is 294 g/mol. The molecule has 0 spiro atoms. The molecule has 106 valence electrons. The molecule has 0 radical (unpaired) electrons. The van der Waals surface area contributed by atoms with Gasteiger partial charge in [-0.2, -0.15) is 0 Å². The minimum Gasteiger partial charge on any atom is -0.481 e. The Kier molecular flexibility index (Phi) is 5.04. The first-order chi connectivity index (χ1) is 9.56. The quantitative estimate of drug-likeness (QED) is 0.869. The number of carboxylic acid groups (broad SMARTS) is 1. The number of carboxylic acids is 1. The fourth-order valence-corrected chi connectivity index (χ4v) is 3.15. The lowest BCUT2D eigenvalue weighted by Gasteiger charge is -2.25. The number of hydrogen-bond donors (Lipinski definition) is 1. The number of hydrogen-bond acceptors (Lipinski definition) is 3. The van der Waals surface area contributed by atoms with Gasteiger partial charge in [-0.25, -0.2) is 0 Å². The average Bonchev–Trinajstić information content (AvgIpc) is 2.81. The van der Waals surface area contributed by atoms with E-state index in [9.17, 15) is 4.79 Å². The van der Waals surface area contributed by atoms with Gasteiger partial charge in [0, 0.05) is 22.5 Å². The van der Waals surface area contributed by atoms with Crippen molar-refractivity contribution in [3.05, 3.63) is 51.2 Å². The van der Waals surface area contributed by atoms with Crippen molar-refractivity contribution in [1.82, 2.24) is 0 Å². The summed E-state index contributed by atoms with van der Waals surface area (Å²) in [7, 11) is 0. The maximum atomic E-state index is 10.8. The van der Waals surface area contributed by atoms with Crippen molar-refractivity contribution in [2.75, 3.05) is 11.4 Å². The third-order valence-corrected chi connectivity index (χ3v) is 4.29. The molecule has 1 aromatic heterocycles. The second-order valence-electron chi connectivity index (χ2n) is 4.58. The van der Waals surface area contributed by atoms with Crippen LogP contribution in [0.5, 0.6) is 0 Å². The van der Waals surface area contributed by atoms with Crippen LogP contribution in [0.15, 0.2) is 35.7 Å². The summed E-state index contributed by atoms with van der Waals surface area (Å²) in [6.45, 7) is 3.19. The molecule has 5 heteroatoms. The summed E-state index contributed by atoms with van der Waals surface area (Å²) in [5.74, 6) is -0.784. The number of nitrogens with zero attached hydrogens (tertiary/aromatic N) is 1. The minimum absolute atomic E-state index is 0.118. The summed E-state index contributed by atoms with van der Waals surface area (Å²) in [4.78, 5) is 14.0. The molecule has 0 bridgehead atoms. The number of halogens is 1. The number of benzene rings is 1. The highest BCUT2D eigenvalue weighted by molar-refractivity contribution is 7.10. The summed E-state index contributed by atoms with van der Waals surface area (Å²) in [6.07, 6.45) is 0.118. The average molecular weight is 310 g/mol. The fraction of sp³-hybridized carbons (Fsp3) is 0.267. The summed E-state index contributed by atoms with van der Waals surface area (Å²) < 4.78 is 0. The molecule has 0 aliphatic heterocycles. The van der Waals surface area contributed by atoms with Crippen LogP contribution in [0.2, 0.25) is 5.02 Å². The van der Waals surface area contributed by atoms with E-state index in [1.165, 1.54) is 0 Å². The van der Waals surface area contributed by atoms with Crippen LogP contribution in [0.25, 0.3) is 0 Å². The van der Waals surface area contributed by atoms with E-state index in [-0.39, 0.29) is 6.42 Å². The molecule has 1 heterocycles. The molecule has 3 nitrogen and oxygen atoms in total. The SMILES string of the molecule is Cc1ccccc1N(CCC(=O)O)Cc1cc(Cl)cs1. The smallest absolute Gasteiger partial charge is 0.305 e. The Bertz CT molecular complexity index is 597. The lowest BCUT2D eigenvalue weighted by Crippen LogP contribution is -2.25. The van der Waals surface area contributed by atoms with Crippen molar-refractivity contribution in [3.8, 4) is 0 Å². The van der Waals surface area contributed by atoms with E-state index >= 15 is 0 Å². The van der Waals surface area contributed by atoms with Gasteiger partial charge < -0.3 is 10.0 Å². The molecule has 0 amide bonds. The van der Waals surface area contributed by atoms with Gasteiger partial charge in [-0.05, 0) is 24.6 Å². The third-order valence-electron chi connectivity index (χ3n) is 3.02. The van der Waals surface area contributed by atoms with Gasteiger partial charge in [0.15, 0.2) is 0 Å². The van der Waals surface area contributed by atoms with E-state index in [1.54, 1.807) is 11.3 Å². The first-order valence-corrected chi connectivity index (χ1v) is 7.57. The van der Waals surface area contributed by atoms with E-state index in [0.29, 0.717) is 13.1 Å². The van der Waals surface area contributed by atoms with Crippen LogP contribution < -0.4 is 4.90 Å². The zero-order valence-electron chi connectivity index (χ0n) is 11.2. The maximum absolute atomic E-state index is 10.8. The van der Waals surface area contributed by atoms with Crippen molar-refractivity contribution in [3.63, 3.8) is 0 Å². The molecule has 1 aromatic carbocycles. The Labute approximate surface area is 127 Å². The van der Waals surface area contributed by atoms with E-state index in [1.807, 2.05) is 42.6 Å². The van der Waals surface area contributed by atoms with Crippen LogP contribution in [0.3, 0.4) is 0 Å². The van der Waals surface area contributed by atoms with Gasteiger partial charge in [-0.1, -0.05) is 29.8 Å². The number of anilines is 1. The summed E-state index contributed by atoms with van der Waals surface area (Å²) in [6, 6.07) is 9.93. The first kappa shape index (κ1) is 14.9. The van der Waals surface area contributed by atoms with Crippen molar-refractivity contribution in [2.45, 2.75) is 19.9 Å². The molecule has 20 heavy (non-hydrogen) atoms. The monoisotopic (exact) mass is 309 g/mol. The highest BCUT2D eigenvalue weighted by atomic mass is 35.5. The van der Waals surface area contributed by atoms with Gasteiger partial charge >= 0.3 is 5.97 Å². The van der Waals surface area contributed by atoms with Crippen molar-refractivity contribution >= 4 is 34.6 Å². The predicted octanol–water partition coefficient (Wildman–Crippen LogP) is 4.19. The molecular formula is C15H16ClNO2S. The highest BCUT2D eigenvalue weighted by Gasteiger charge is 2.12. The molecule has 2 rings (SSSR count). The lowest BCUT2D eigenvalue weighted by atomic mass is 10.1. The summed E-state index contributed by atoms with van der Waals surface area (Å²) in [5.41, 5.74) is 2.21. The number of para-hydroxylation sites is 1.